The Balaban J connectivity index is 1.70. The second kappa shape index (κ2) is 9.17. The van der Waals surface area contributed by atoms with E-state index in [1.807, 2.05) is 12.1 Å². The Labute approximate surface area is 165 Å². The molecule has 2 N–H and O–H groups in total. The van der Waals surface area contributed by atoms with Crippen LogP contribution in [0.2, 0.25) is 0 Å². The van der Waals surface area contributed by atoms with Crippen molar-refractivity contribution in [2.45, 2.75) is 27.3 Å². The van der Waals surface area contributed by atoms with E-state index in [4.69, 9.17) is 0 Å². The predicted molar refractivity (Wildman–Crippen MR) is 114 cm³/mol. The van der Waals surface area contributed by atoms with Crippen LogP contribution in [0.4, 0.5) is 27.5 Å². The van der Waals surface area contributed by atoms with Gasteiger partial charge in [0, 0.05) is 42.8 Å². The molecule has 28 heavy (non-hydrogen) atoms. The maximum absolute atomic E-state index is 13.7. The first-order chi connectivity index (χ1) is 13.6. The van der Waals surface area contributed by atoms with Crippen molar-refractivity contribution in [1.82, 2.24) is 9.97 Å². The minimum absolute atomic E-state index is 0.242. The minimum atomic E-state index is -0.242. The number of hydrogen-bond donors (Lipinski definition) is 2. The zero-order valence-electron chi connectivity index (χ0n) is 16.5. The molecule has 0 aliphatic heterocycles. The Bertz CT molecular complexity index is 924. The monoisotopic (exact) mass is 379 g/mol. The van der Waals surface area contributed by atoms with Crippen LogP contribution in [0.5, 0.6) is 0 Å². The molecule has 0 aliphatic carbocycles. The molecule has 6 heteroatoms. The van der Waals surface area contributed by atoms with Gasteiger partial charge in [0.15, 0.2) is 0 Å². The first-order valence-corrected chi connectivity index (χ1v) is 9.53. The molecule has 3 rings (SSSR count). The highest BCUT2D eigenvalue weighted by molar-refractivity contribution is 5.65. The number of anilines is 4. The number of halogens is 1. The lowest BCUT2D eigenvalue weighted by molar-refractivity contribution is 0.612. The van der Waals surface area contributed by atoms with Crippen LogP contribution >= 0.6 is 0 Å². The summed E-state index contributed by atoms with van der Waals surface area (Å²) in [6.45, 7) is 8.67. The first-order valence-electron chi connectivity index (χ1n) is 9.53. The molecule has 3 aromatic rings. The fraction of sp³-hybridized carbons (Fsp3) is 0.273. The molecule has 0 atom stereocenters. The lowest BCUT2D eigenvalue weighted by Crippen LogP contribution is -2.21. The van der Waals surface area contributed by atoms with Crippen LogP contribution in [0.25, 0.3) is 0 Å². The number of nitrogens with zero attached hydrogens (tertiary/aromatic N) is 3. The summed E-state index contributed by atoms with van der Waals surface area (Å²) in [5, 5.41) is 6.41. The molecular formula is C22H26FN5. The number of rotatable bonds is 8. The fourth-order valence-electron chi connectivity index (χ4n) is 3.04. The molecule has 1 heterocycles. The van der Waals surface area contributed by atoms with Crippen LogP contribution in [0.3, 0.4) is 0 Å². The summed E-state index contributed by atoms with van der Waals surface area (Å²) < 4.78 is 13.7. The Morgan fingerprint density at radius 3 is 2.54 bits per heavy atom. The van der Waals surface area contributed by atoms with Crippen LogP contribution in [0.1, 0.15) is 25.0 Å². The molecule has 0 aliphatic rings. The van der Waals surface area contributed by atoms with Gasteiger partial charge in [0.2, 0.25) is 5.95 Å². The molecule has 0 spiro atoms. The Kier molecular flexibility index (Phi) is 6.42. The van der Waals surface area contributed by atoms with Crippen LogP contribution in [0.15, 0.2) is 54.7 Å². The van der Waals surface area contributed by atoms with Crippen LogP contribution in [-0.4, -0.2) is 23.1 Å². The van der Waals surface area contributed by atoms with Gasteiger partial charge in [-0.15, -0.1) is 0 Å². The van der Waals surface area contributed by atoms with Gasteiger partial charge in [0.05, 0.1) is 0 Å². The second-order valence-corrected chi connectivity index (χ2v) is 6.51. The maximum Gasteiger partial charge on any atom is 0.224 e. The molecule has 0 saturated heterocycles. The quantitative estimate of drug-likeness (QED) is 0.568. The van der Waals surface area contributed by atoms with E-state index >= 15 is 0 Å². The summed E-state index contributed by atoms with van der Waals surface area (Å²) in [7, 11) is 0. The summed E-state index contributed by atoms with van der Waals surface area (Å²) in [4.78, 5) is 11.0. The van der Waals surface area contributed by atoms with E-state index in [1.54, 1.807) is 18.3 Å². The van der Waals surface area contributed by atoms with Crippen molar-refractivity contribution in [3.63, 3.8) is 0 Å². The third-order valence-corrected chi connectivity index (χ3v) is 4.65. The van der Waals surface area contributed by atoms with Crippen molar-refractivity contribution >= 4 is 23.1 Å². The molecule has 0 saturated carbocycles. The average molecular weight is 379 g/mol. The van der Waals surface area contributed by atoms with Crippen LogP contribution in [-0.2, 0) is 6.54 Å². The molecule has 146 valence electrons. The van der Waals surface area contributed by atoms with Crippen molar-refractivity contribution in [2.75, 3.05) is 28.6 Å². The highest BCUT2D eigenvalue weighted by Gasteiger charge is 2.07. The second-order valence-electron chi connectivity index (χ2n) is 6.51. The Hall–Kier alpha value is -3.15. The van der Waals surface area contributed by atoms with E-state index in [-0.39, 0.29) is 5.82 Å². The van der Waals surface area contributed by atoms with Gasteiger partial charge in [-0.3, -0.25) is 0 Å². The fourth-order valence-corrected chi connectivity index (χ4v) is 3.04. The van der Waals surface area contributed by atoms with Gasteiger partial charge < -0.3 is 15.5 Å². The van der Waals surface area contributed by atoms with E-state index < -0.39 is 0 Å². The van der Waals surface area contributed by atoms with Crippen LogP contribution < -0.4 is 15.5 Å². The minimum Gasteiger partial charge on any atom is -0.372 e. The van der Waals surface area contributed by atoms with Crippen molar-refractivity contribution < 1.29 is 4.39 Å². The molecule has 0 bridgehead atoms. The van der Waals surface area contributed by atoms with Crippen LogP contribution in [0, 0.1) is 12.7 Å². The van der Waals surface area contributed by atoms with Crippen molar-refractivity contribution in [3.05, 3.63) is 71.7 Å². The number of hydrogen-bond acceptors (Lipinski definition) is 5. The number of aryl methyl sites for hydroxylation is 1. The van der Waals surface area contributed by atoms with Gasteiger partial charge in [-0.1, -0.05) is 18.2 Å². The third kappa shape index (κ3) is 4.76. The van der Waals surface area contributed by atoms with Crippen molar-refractivity contribution in [1.29, 1.82) is 0 Å². The van der Waals surface area contributed by atoms with E-state index in [1.165, 1.54) is 11.8 Å². The summed E-state index contributed by atoms with van der Waals surface area (Å²) in [6, 6.07) is 14.8. The number of benzene rings is 2. The van der Waals surface area contributed by atoms with E-state index in [2.05, 4.69) is 64.5 Å². The lowest BCUT2D eigenvalue weighted by atomic mass is 10.1. The lowest BCUT2D eigenvalue weighted by Gasteiger charge is -2.22. The van der Waals surface area contributed by atoms with Crippen molar-refractivity contribution in [3.8, 4) is 0 Å². The van der Waals surface area contributed by atoms with Gasteiger partial charge in [0.1, 0.15) is 11.6 Å². The molecule has 0 radical (unpaired) electrons. The highest BCUT2D eigenvalue weighted by Crippen LogP contribution is 2.25. The predicted octanol–water partition coefficient (Wildman–Crippen LogP) is 5.13. The standard InChI is InChI=1S/C22H26FN5/c1-4-28(5-2)18-10-11-20(16(3)14-18)26-21-12-13-24-22(27-21)25-15-17-8-6-7-9-19(17)23/h6-14H,4-5,15H2,1-3H3,(H2,24,25,26,27). The van der Waals surface area contributed by atoms with Crippen molar-refractivity contribution in [2.24, 2.45) is 0 Å². The van der Waals surface area contributed by atoms with E-state index in [0.29, 0.717) is 23.9 Å². The molecular weight excluding hydrogens is 353 g/mol. The summed E-state index contributed by atoms with van der Waals surface area (Å²) >= 11 is 0. The van der Waals surface area contributed by atoms with E-state index in [9.17, 15) is 4.39 Å². The SMILES string of the molecule is CCN(CC)c1ccc(Nc2ccnc(NCc3ccccc3F)n2)c(C)c1. The molecule has 2 aromatic carbocycles. The molecule has 0 amide bonds. The zero-order chi connectivity index (χ0) is 19.9. The van der Waals surface area contributed by atoms with Gasteiger partial charge >= 0.3 is 0 Å². The maximum atomic E-state index is 13.7. The summed E-state index contributed by atoms with van der Waals surface area (Å²) in [6.07, 6.45) is 1.68. The summed E-state index contributed by atoms with van der Waals surface area (Å²) in [5.41, 5.74) is 3.92. The topological polar surface area (TPSA) is 53.1 Å². The zero-order valence-corrected chi connectivity index (χ0v) is 16.5. The molecule has 0 unspecified atom stereocenters. The Morgan fingerprint density at radius 2 is 1.82 bits per heavy atom. The number of nitrogens with one attached hydrogen (secondary N) is 2. The number of aromatic nitrogens is 2. The Morgan fingerprint density at radius 1 is 1.04 bits per heavy atom. The smallest absolute Gasteiger partial charge is 0.224 e. The molecule has 1 aromatic heterocycles. The van der Waals surface area contributed by atoms with Gasteiger partial charge in [-0.05, 0) is 56.7 Å². The third-order valence-electron chi connectivity index (χ3n) is 4.65. The van der Waals surface area contributed by atoms with Gasteiger partial charge in [-0.2, -0.15) is 4.98 Å². The average Bonchev–Trinajstić information content (AvgIpc) is 2.71. The largest absolute Gasteiger partial charge is 0.372 e. The highest BCUT2D eigenvalue weighted by atomic mass is 19.1. The molecule has 0 fully saturated rings. The van der Waals surface area contributed by atoms with Gasteiger partial charge in [0.25, 0.3) is 0 Å². The van der Waals surface area contributed by atoms with E-state index in [0.717, 1.165) is 24.3 Å². The first kappa shape index (κ1) is 19.6. The summed E-state index contributed by atoms with van der Waals surface area (Å²) in [5.74, 6) is 0.892. The van der Waals surface area contributed by atoms with Gasteiger partial charge in [-0.25, -0.2) is 9.37 Å². The normalized spacial score (nSPS) is 10.6. The molecule has 5 nitrogen and oxygen atoms in total.